The monoisotopic (exact) mass is 106 g/mol. The minimum absolute atomic E-state index is 0.282. The van der Waals surface area contributed by atoms with E-state index in [2.05, 4.69) is 0 Å². The van der Waals surface area contributed by atoms with Crippen molar-refractivity contribution >= 4 is 15.3 Å². The molecule has 0 aliphatic heterocycles. The van der Waals surface area contributed by atoms with Crippen molar-refractivity contribution in [3.8, 4) is 0 Å². The lowest BCUT2D eigenvalue weighted by Crippen LogP contribution is -2.01. The molecule has 6 heavy (non-hydrogen) atoms. The Morgan fingerprint density at radius 3 is 2.17 bits per heavy atom. The van der Waals surface area contributed by atoms with Gasteiger partial charge in [0, 0.05) is 0 Å². The van der Waals surface area contributed by atoms with Crippen LogP contribution in [0.4, 0.5) is 0 Å². The molecular weight excluding hydrogens is 97.8 g/mol. The molecule has 0 aromatic carbocycles. The number of hydrogen-bond acceptors (Lipinski definition) is 2. The Hall–Kier alpha value is 0.415. The second kappa shape index (κ2) is 3.60. The van der Waals surface area contributed by atoms with Gasteiger partial charge in [0.05, 0.1) is 0 Å². The highest BCUT2D eigenvalue weighted by atomic mass is 31.1. The second-order valence-electron chi connectivity index (χ2n) is 0.931. The first-order chi connectivity index (χ1) is 2.77. The Kier molecular flexibility index (Phi) is 3.85. The van der Waals surface area contributed by atoms with Gasteiger partial charge in [0.15, 0.2) is 0 Å². The van der Waals surface area contributed by atoms with E-state index >= 15 is 0 Å². The molecule has 0 heterocycles. The van der Waals surface area contributed by atoms with Crippen LogP contribution in [-0.2, 0) is 0 Å². The van der Waals surface area contributed by atoms with Gasteiger partial charge in [-0.2, -0.15) is 0 Å². The van der Waals surface area contributed by atoms with Crippen LogP contribution in [-0.4, -0.2) is 23.0 Å². The van der Waals surface area contributed by atoms with Gasteiger partial charge in [-0.1, -0.05) is 15.4 Å². The summed E-state index contributed by atoms with van der Waals surface area (Å²) in [7, 11) is 0.282. The summed E-state index contributed by atoms with van der Waals surface area (Å²) in [6, 6.07) is 0. The molecule has 1 unspecified atom stereocenters. The molecule has 1 atom stereocenters. The lowest BCUT2D eigenvalue weighted by molar-refractivity contribution is 0.436. The summed E-state index contributed by atoms with van der Waals surface area (Å²) in [5.41, 5.74) is 0. The topological polar surface area (TPSA) is 40.5 Å². The summed E-state index contributed by atoms with van der Waals surface area (Å²) in [5, 5.41) is 16.2. The van der Waals surface area contributed by atoms with Gasteiger partial charge in [0.2, 0.25) is 0 Å². The third-order valence-corrected chi connectivity index (χ3v) is 1.16. The Morgan fingerprint density at radius 1 is 1.67 bits per heavy atom. The summed E-state index contributed by atoms with van der Waals surface area (Å²) in [4.78, 5) is 0. The van der Waals surface area contributed by atoms with Crippen LogP contribution < -0.4 is 0 Å². The van der Waals surface area contributed by atoms with Crippen molar-refractivity contribution in [2.45, 2.75) is 6.92 Å². The van der Waals surface area contributed by atoms with Crippen LogP contribution in [0.2, 0.25) is 0 Å². The molecule has 0 spiro atoms. The van der Waals surface area contributed by atoms with E-state index in [9.17, 15) is 0 Å². The smallest absolute Gasteiger partial charge is 0.423 e. The first-order valence-corrected chi connectivity index (χ1v) is 3.15. The van der Waals surface area contributed by atoms with E-state index in [1.807, 2.05) is 6.92 Å². The Labute approximate surface area is 39.5 Å². The van der Waals surface area contributed by atoms with Crippen LogP contribution in [0.15, 0.2) is 0 Å². The van der Waals surface area contributed by atoms with Gasteiger partial charge >= 0.3 is 6.84 Å². The molecule has 0 rings (SSSR count). The molecule has 0 aromatic rings. The fourth-order valence-corrected chi connectivity index (χ4v) is 0.548. The predicted octanol–water partition coefficient (Wildman–Crippen LogP) is -0.346. The first-order valence-electron chi connectivity index (χ1n) is 1.87. The SMILES string of the molecule is CCPB(O)O. The maximum absolute atomic E-state index is 8.12. The molecule has 0 aliphatic rings. The van der Waals surface area contributed by atoms with Gasteiger partial charge in [0.1, 0.15) is 0 Å². The van der Waals surface area contributed by atoms with Crippen LogP contribution in [0, 0.1) is 0 Å². The zero-order valence-electron chi connectivity index (χ0n) is 3.68. The summed E-state index contributed by atoms with van der Waals surface area (Å²) < 4.78 is 0. The van der Waals surface area contributed by atoms with Crippen LogP contribution in [0.1, 0.15) is 6.92 Å². The van der Waals surface area contributed by atoms with Gasteiger partial charge in [-0.05, 0) is 6.16 Å². The average Bonchev–Trinajstić information content (AvgIpc) is 1.35. The lowest BCUT2D eigenvalue weighted by atomic mass is 10.4. The van der Waals surface area contributed by atoms with E-state index in [-0.39, 0.29) is 8.46 Å². The maximum atomic E-state index is 8.12. The molecule has 0 aromatic heterocycles. The molecule has 2 N–H and O–H groups in total. The van der Waals surface area contributed by atoms with Gasteiger partial charge < -0.3 is 10.0 Å². The van der Waals surface area contributed by atoms with Crippen molar-refractivity contribution in [2.24, 2.45) is 0 Å². The molecule has 0 amide bonds. The van der Waals surface area contributed by atoms with Crippen LogP contribution in [0.25, 0.3) is 0 Å². The highest BCUT2D eigenvalue weighted by Crippen LogP contribution is 2.06. The molecule has 0 bridgehead atoms. The Balaban J connectivity index is 2.63. The van der Waals surface area contributed by atoms with Gasteiger partial charge in [0.25, 0.3) is 0 Å². The molecule has 0 aliphatic carbocycles. The molecule has 0 saturated heterocycles. The zero-order valence-corrected chi connectivity index (χ0v) is 4.68. The summed E-state index contributed by atoms with van der Waals surface area (Å²) in [5.74, 6) is 0. The normalized spacial score (nSPS) is 10.5. The third kappa shape index (κ3) is 4.41. The van der Waals surface area contributed by atoms with E-state index in [0.717, 1.165) is 6.16 Å². The van der Waals surface area contributed by atoms with E-state index in [0.29, 0.717) is 0 Å². The molecule has 0 radical (unpaired) electrons. The molecule has 4 heteroatoms. The highest BCUT2D eigenvalue weighted by Gasteiger charge is 2.00. The first kappa shape index (κ1) is 6.41. The predicted molar refractivity (Wildman–Crippen MR) is 29.0 cm³/mol. The molecule has 0 fully saturated rings. The van der Waals surface area contributed by atoms with Gasteiger partial charge in [-0.25, -0.2) is 0 Å². The summed E-state index contributed by atoms with van der Waals surface area (Å²) >= 11 is 0. The van der Waals surface area contributed by atoms with Gasteiger partial charge in [-0.15, -0.1) is 0 Å². The lowest BCUT2D eigenvalue weighted by Gasteiger charge is -1.88. The third-order valence-electron chi connectivity index (χ3n) is 0.387. The maximum Gasteiger partial charge on any atom is 0.476 e. The average molecular weight is 106 g/mol. The summed E-state index contributed by atoms with van der Waals surface area (Å²) in [6.45, 7) is 0.840. The highest BCUT2D eigenvalue weighted by molar-refractivity contribution is 7.72. The van der Waals surface area contributed by atoms with Crippen molar-refractivity contribution in [1.29, 1.82) is 0 Å². The van der Waals surface area contributed by atoms with Crippen molar-refractivity contribution < 1.29 is 10.0 Å². The number of rotatable bonds is 2. The molecule has 0 saturated carbocycles. The van der Waals surface area contributed by atoms with E-state index < -0.39 is 6.84 Å². The van der Waals surface area contributed by atoms with E-state index in [4.69, 9.17) is 10.0 Å². The largest absolute Gasteiger partial charge is 0.476 e. The molecular formula is C2H8BO2P. The van der Waals surface area contributed by atoms with E-state index in [1.165, 1.54) is 0 Å². The van der Waals surface area contributed by atoms with Crippen LogP contribution >= 0.6 is 8.46 Å². The van der Waals surface area contributed by atoms with Crippen molar-refractivity contribution in [2.75, 3.05) is 6.16 Å². The zero-order chi connectivity index (χ0) is 4.99. The van der Waals surface area contributed by atoms with E-state index in [1.54, 1.807) is 0 Å². The van der Waals surface area contributed by atoms with Crippen LogP contribution in [0.5, 0.6) is 0 Å². The quantitative estimate of drug-likeness (QED) is 0.373. The van der Waals surface area contributed by atoms with Gasteiger partial charge in [-0.3, -0.25) is 0 Å². The minimum atomic E-state index is -1.07. The minimum Gasteiger partial charge on any atom is -0.423 e. The van der Waals surface area contributed by atoms with Crippen molar-refractivity contribution in [1.82, 2.24) is 0 Å². The van der Waals surface area contributed by atoms with Crippen molar-refractivity contribution in [3.63, 3.8) is 0 Å². The Morgan fingerprint density at radius 2 is 2.17 bits per heavy atom. The molecule has 2 nitrogen and oxygen atoms in total. The van der Waals surface area contributed by atoms with Crippen LogP contribution in [0.3, 0.4) is 0 Å². The van der Waals surface area contributed by atoms with Crippen molar-refractivity contribution in [3.05, 3.63) is 0 Å². The number of hydrogen-bond donors (Lipinski definition) is 2. The Bertz CT molecular complexity index is 32.7. The standard InChI is InChI=1S/C2H8BO2P/c1-2-6-3(4)5/h4-6H,2H2,1H3. The second-order valence-corrected chi connectivity index (χ2v) is 2.56. The molecule has 36 valence electrons. The fourth-order valence-electron chi connectivity index (χ4n) is 0.183. The fraction of sp³-hybridized carbons (Fsp3) is 1.00. The summed E-state index contributed by atoms with van der Waals surface area (Å²) in [6.07, 6.45) is 0.859.